The van der Waals surface area contributed by atoms with Gasteiger partial charge in [0, 0.05) is 6.08 Å². The van der Waals surface area contributed by atoms with Crippen LogP contribution in [0.25, 0.3) is 6.08 Å². The molecular formula is C14H13F2N3O2S. The summed E-state index contributed by atoms with van der Waals surface area (Å²) in [6.07, 6.45) is 3.65. The van der Waals surface area contributed by atoms with Gasteiger partial charge < -0.3 is 4.74 Å². The van der Waals surface area contributed by atoms with E-state index in [-0.39, 0.29) is 11.7 Å². The molecule has 0 spiro atoms. The van der Waals surface area contributed by atoms with E-state index in [1.807, 2.05) is 6.92 Å². The third-order valence-corrected chi connectivity index (χ3v) is 3.51. The molecule has 116 valence electrons. The molecule has 0 aliphatic heterocycles. The number of aryl methyl sites for hydroxylation is 1. The summed E-state index contributed by atoms with van der Waals surface area (Å²) in [6, 6.07) is 5.95. The number of benzene rings is 1. The third kappa shape index (κ3) is 4.88. The van der Waals surface area contributed by atoms with Crippen LogP contribution in [0.3, 0.4) is 0 Å². The van der Waals surface area contributed by atoms with Crippen molar-refractivity contribution in [2.45, 2.75) is 20.0 Å². The van der Waals surface area contributed by atoms with Crippen molar-refractivity contribution < 1.29 is 18.3 Å². The molecule has 0 aliphatic rings. The van der Waals surface area contributed by atoms with E-state index in [4.69, 9.17) is 0 Å². The molecule has 0 aliphatic carbocycles. The van der Waals surface area contributed by atoms with Crippen molar-refractivity contribution in [2.75, 3.05) is 5.32 Å². The van der Waals surface area contributed by atoms with E-state index in [9.17, 15) is 13.6 Å². The fourth-order valence-corrected chi connectivity index (χ4v) is 2.21. The van der Waals surface area contributed by atoms with Crippen molar-refractivity contribution in [2.24, 2.45) is 0 Å². The average Bonchev–Trinajstić information content (AvgIpc) is 2.93. The lowest BCUT2D eigenvalue weighted by Crippen LogP contribution is -2.07. The molecule has 0 unspecified atom stereocenters. The number of nitrogens with one attached hydrogen (secondary N) is 1. The van der Waals surface area contributed by atoms with Gasteiger partial charge >= 0.3 is 6.61 Å². The number of rotatable bonds is 6. The van der Waals surface area contributed by atoms with Gasteiger partial charge in [-0.1, -0.05) is 30.4 Å². The van der Waals surface area contributed by atoms with Crippen molar-refractivity contribution in [3.05, 3.63) is 40.9 Å². The minimum atomic E-state index is -2.85. The van der Waals surface area contributed by atoms with E-state index in [0.717, 1.165) is 11.4 Å². The molecule has 2 rings (SSSR count). The summed E-state index contributed by atoms with van der Waals surface area (Å²) in [7, 11) is 0. The van der Waals surface area contributed by atoms with Crippen molar-refractivity contribution in [1.82, 2.24) is 10.2 Å². The Kier molecular flexibility index (Phi) is 5.54. The van der Waals surface area contributed by atoms with Crippen LogP contribution in [0.1, 0.15) is 17.5 Å². The number of anilines is 1. The average molecular weight is 325 g/mol. The number of hydrogen-bond acceptors (Lipinski definition) is 5. The lowest BCUT2D eigenvalue weighted by atomic mass is 10.2. The second kappa shape index (κ2) is 7.60. The van der Waals surface area contributed by atoms with Crippen molar-refractivity contribution in [3.8, 4) is 5.75 Å². The maximum Gasteiger partial charge on any atom is 0.387 e. The van der Waals surface area contributed by atoms with Gasteiger partial charge in [-0.2, -0.15) is 8.78 Å². The molecule has 2 aromatic rings. The fraction of sp³-hybridized carbons (Fsp3) is 0.214. The topological polar surface area (TPSA) is 64.1 Å². The van der Waals surface area contributed by atoms with Gasteiger partial charge in [0.2, 0.25) is 11.0 Å². The second-order valence-corrected chi connectivity index (χ2v) is 5.19. The molecule has 1 aromatic carbocycles. The van der Waals surface area contributed by atoms with Crippen LogP contribution in [0.2, 0.25) is 0 Å². The first-order valence-electron chi connectivity index (χ1n) is 6.43. The number of nitrogens with zero attached hydrogens (tertiary/aromatic N) is 2. The number of aromatic nitrogens is 2. The maximum atomic E-state index is 12.0. The fourth-order valence-electron chi connectivity index (χ4n) is 1.53. The first-order chi connectivity index (χ1) is 10.6. The number of carbonyl (C=O) groups excluding carboxylic acids is 1. The summed E-state index contributed by atoms with van der Waals surface area (Å²) in [5, 5.41) is 11.6. The maximum absolute atomic E-state index is 12.0. The van der Waals surface area contributed by atoms with E-state index < -0.39 is 6.61 Å². The predicted molar refractivity (Wildman–Crippen MR) is 80.0 cm³/mol. The number of hydrogen-bond donors (Lipinski definition) is 1. The Bertz CT molecular complexity index is 656. The third-order valence-electron chi connectivity index (χ3n) is 2.53. The lowest BCUT2D eigenvalue weighted by molar-refractivity contribution is -0.111. The Morgan fingerprint density at radius 1 is 1.36 bits per heavy atom. The number of alkyl halides is 2. The van der Waals surface area contributed by atoms with Crippen LogP contribution in [0, 0.1) is 0 Å². The van der Waals surface area contributed by atoms with Gasteiger partial charge in [0.15, 0.2) is 0 Å². The Morgan fingerprint density at radius 3 is 2.68 bits per heavy atom. The zero-order valence-electron chi connectivity index (χ0n) is 11.6. The Hall–Kier alpha value is -2.35. The predicted octanol–water partition coefficient (Wildman–Crippen LogP) is 3.35. The molecular weight excluding hydrogens is 312 g/mol. The molecule has 0 radical (unpaired) electrons. The molecule has 1 N–H and O–H groups in total. The summed E-state index contributed by atoms with van der Waals surface area (Å²) >= 11 is 1.31. The van der Waals surface area contributed by atoms with Crippen LogP contribution in [0.15, 0.2) is 30.3 Å². The molecule has 1 heterocycles. The lowest BCUT2D eigenvalue weighted by Gasteiger charge is -2.03. The van der Waals surface area contributed by atoms with Crippen LogP contribution < -0.4 is 10.1 Å². The Morgan fingerprint density at radius 2 is 2.09 bits per heavy atom. The van der Waals surface area contributed by atoms with E-state index >= 15 is 0 Å². The first kappa shape index (κ1) is 16.0. The number of ether oxygens (including phenoxy) is 1. The number of carbonyl (C=O) groups is 1. The van der Waals surface area contributed by atoms with Crippen LogP contribution in [0.5, 0.6) is 5.75 Å². The highest BCUT2D eigenvalue weighted by Crippen LogP contribution is 2.17. The van der Waals surface area contributed by atoms with E-state index in [1.54, 1.807) is 18.2 Å². The van der Waals surface area contributed by atoms with Gasteiger partial charge in [-0.25, -0.2) is 0 Å². The highest BCUT2D eigenvalue weighted by molar-refractivity contribution is 7.15. The molecule has 0 saturated heterocycles. The minimum absolute atomic E-state index is 0.0672. The van der Waals surface area contributed by atoms with Crippen LogP contribution in [-0.4, -0.2) is 22.7 Å². The van der Waals surface area contributed by atoms with Gasteiger partial charge in [-0.3, -0.25) is 10.1 Å². The monoisotopic (exact) mass is 325 g/mol. The summed E-state index contributed by atoms with van der Waals surface area (Å²) in [6.45, 7) is -0.903. The van der Waals surface area contributed by atoms with E-state index in [0.29, 0.717) is 10.7 Å². The van der Waals surface area contributed by atoms with Crippen molar-refractivity contribution in [3.63, 3.8) is 0 Å². The van der Waals surface area contributed by atoms with Crippen LogP contribution >= 0.6 is 11.3 Å². The molecule has 22 heavy (non-hydrogen) atoms. The molecule has 1 amide bonds. The molecule has 8 heteroatoms. The zero-order chi connectivity index (χ0) is 15.9. The van der Waals surface area contributed by atoms with Gasteiger partial charge in [-0.05, 0) is 30.2 Å². The smallest absolute Gasteiger partial charge is 0.387 e. The molecule has 0 atom stereocenters. The molecule has 0 fully saturated rings. The SMILES string of the molecule is CCc1nnc(NC(=O)/C=C/c2ccc(OC(F)F)cc2)s1. The van der Waals surface area contributed by atoms with Gasteiger partial charge in [0.05, 0.1) is 0 Å². The highest BCUT2D eigenvalue weighted by Gasteiger charge is 2.05. The van der Waals surface area contributed by atoms with Gasteiger partial charge in [-0.15, -0.1) is 10.2 Å². The molecule has 1 aromatic heterocycles. The summed E-state index contributed by atoms with van der Waals surface area (Å²) in [5.74, 6) is -0.274. The molecule has 0 saturated carbocycles. The van der Waals surface area contributed by atoms with Crippen molar-refractivity contribution in [1.29, 1.82) is 0 Å². The first-order valence-corrected chi connectivity index (χ1v) is 7.25. The number of amides is 1. The second-order valence-electron chi connectivity index (χ2n) is 4.12. The van der Waals surface area contributed by atoms with Gasteiger partial charge in [0.25, 0.3) is 0 Å². The summed E-state index contributed by atoms with van der Waals surface area (Å²) < 4.78 is 28.3. The summed E-state index contributed by atoms with van der Waals surface area (Å²) in [4.78, 5) is 11.7. The number of halogens is 2. The Balaban J connectivity index is 1.91. The van der Waals surface area contributed by atoms with Gasteiger partial charge in [0.1, 0.15) is 10.8 Å². The minimum Gasteiger partial charge on any atom is -0.435 e. The quantitative estimate of drug-likeness (QED) is 0.827. The zero-order valence-corrected chi connectivity index (χ0v) is 12.4. The Labute approximate surface area is 129 Å². The normalized spacial score (nSPS) is 11.1. The summed E-state index contributed by atoms with van der Waals surface area (Å²) in [5.41, 5.74) is 0.684. The molecule has 5 nitrogen and oxygen atoms in total. The van der Waals surface area contributed by atoms with Crippen molar-refractivity contribution >= 4 is 28.5 Å². The standard InChI is InChI=1S/C14H13F2N3O2S/c1-2-12-18-19-14(22-12)17-11(20)8-5-9-3-6-10(7-4-9)21-13(15)16/h3-8,13H,2H2,1H3,(H,17,19,20)/b8-5+. The van der Waals surface area contributed by atoms with Crippen LogP contribution in [0.4, 0.5) is 13.9 Å². The molecule has 0 bridgehead atoms. The van der Waals surface area contributed by atoms with E-state index in [1.165, 1.54) is 29.5 Å². The van der Waals surface area contributed by atoms with Crippen LogP contribution in [-0.2, 0) is 11.2 Å². The highest BCUT2D eigenvalue weighted by atomic mass is 32.1. The largest absolute Gasteiger partial charge is 0.435 e. The van der Waals surface area contributed by atoms with E-state index in [2.05, 4.69) is 20.3 Å².